The van der Waals surface area contributed by atoms with Crippen molar-refractivity contribution < 1.29 is 0 Å². The van der Waals surface area contributed by atoms with Crippen molar-refractivity contribution in [2.45, 2.75) is 425 Å². The van der Waals surface area contributed by atoms with Crippen LogP contribution in [-0.4, -0.2) is 50.3 Å². The topological polar surface area (TPSA) is 9.03 Å². The second-order valence-corrected chi connectivity index (χ2v) is 28.5. The molecule has 3 fully saturated rings. The van der Waals surface area contributed by atoms with E-state index >= 15 is 0 Å². The Labute approximate surface area is 454 Å². The van der Waals surface area contributed by atoms with E-state index in [9.17, 15) is 0 Å². The standard InChI is InChI=1S/C66H132N3PS/c1-7-13-19-25-31-37-43-49-55-61-62(56-50-44-38-32-26-20-14-8-2)67(61)70(71,68-63(57-51-45-39-33-27-21-15-9-3)64(68)58-52-46-40-34-28-22-16-10-4)69-65(59-53-47-41-35-29-23-17-11-5)66(69)60-54-48-42-36-30-24-18-12-6/h61-66H,7-60H2,1-6H3. The van der Waals surface area contributed by atoms with Gasteiger partial charge in [0.25, 0.3) is 0 Å². The van der Waals surface area contributed by atoms with Crippen LogP contribution in [0.2, 0.25) is 0 Å². The van der Waals surface area contributed by atoms with Crippen LogP contribution in [0.4, 0.5) is 0 Å². The summed E-state index contributed by atoms with van der Waals surface area (Å²) in [5.74, 6) is 0. The SMILES string of the molecule is CCCCCCCCCCC1C(CCCCCCCCCC)N1P(=S)(N1C(CCCCCCCCCC)C1CCCCCCCCCC)N1C(CCCCCCCCCC)C1CCCCCCCCCC. The van der Waals surface area contributed by atoms with Gasteiger partial charge in [-0.25, -0.2) is 14.0 Å². The summed E-state index contributed by atoms with van der Waals surface area (Å²) in [7, 11) is 0. The van der Waals surface area contributed by atoms with E-state index in [-0.39, 0.29) is 0 Å². The van der Waals surface area contributed by atoms with E-state index in [0.717, 1.165) is 36.3 Å². The quantitative estimate of drug-likeness (QED) is 0.0341. The van der Waals surface area contributed by atoms with Crippen molar-refractivity contribution >= 4 is 18.3 Å². The van der Waals surface area contributed by atoms with Crippen LogP contribution in [0.25, 0.3) is 0 Å². The highest BCUT2D eigenvalue weighted by Crippen LogP contribution is 2.77. The van der Waals surface area contributed by atoms with Gasteiger partial charge in [0.15, 0.2) is 0 Å². The van der Waals surface area contributed by atoms with E-state index in [2.05, 4.69) is 55.6 Å². The third kappa shape index (κ3) is 28.1. The molecule has 5 heteroatoms. The van der Waals surface area contributed by atoms with Gasteiger partial charge in [-0.15, -0.1) is 0 Å². The molecule has 0 aliphatic carbocycles. The number of unbranched alkanes of at least 4 members (excludes halogenated alkanes) is 42. The van der Waals surface area contributed by atoms with Crippen molar-refractivity contribution in [2.24, 2.45) is 0 Å². The summed E-state index contributed by atoms with van der Waals surface area (Å²) in [5, 5.41) is 0. The summed E-state index contributed by atoms with van der Waals surface area (Å²) in [6.45, 7) is 12.1. The Balaban J connectivity index is 1.89. The van der Waals surface area contributed by atoms with Crippen LogP contribution in [-0.2, 0) is 11.8 Å². The third-order valence-electron chi connectivity index (χ3n) is 18.1. The molecule has 71 heavy (non-hydrogen) atoms. The highest BCUT2D eigenvalue weighted by Gasteiger charge is 2.70. The first-order valence-corrected chi connectivity index (χ1v) is 36.7. The van der Waals surface area contributed by atoms with Crippen molar-refractivity contribution in [3.8, 4) is 0 Å². The first-order valence-electron chi connectivity index (χ1n) is 34.0. The van der Waals surface area contributed by atoms with Gasteiger partial charge in [0, 0.05) is 36.3 Å². The Morgan fingerprint density at radius 3 is 0.437 bits per heavy atom. The first kappa shape index (κ1) is 65.8. The minimum absolute atomic E-state index is 0.756. The van der Waals surface area contributed by atoms with Gasteiger partial charge >= 0.3 is 0 Å². The van der Waals surface area contributed by atoms with E-state index in [0.29, 0.717) is 0 Å². The fourth-order valence-corrected chi connectivity index (χ4v) is 20.0. The molecule has 3 saturated heterocycles. The molecule has 0 aromatic carbocycles. The summed E-state index contributed by atoms with van der Waals surface area (Å²) in [6.07, 6.45) is 77.4. The Hall–Kier alpha value is 0.530. The zero-order chi connectivity index (χ0) is 50.9. The van der Waals surface area contributed by atoms with Crippen LogP contribution in [0, 0.1) is 0 Å². The number of hydrogen-bond acceptors (Lipinski definition) is 1. The molecule has 3 nitrogen and oxygen atoms in total. The van der Waals surface area contributed by atoms with Gasteiger partial charge in [-0.3, -0.25) is 0 Å². The van der Waals surface area contributed by atoms with Crippen LogP contribution in [0.15, 0.2) is 0 Å². The number of nitrogens with zero attached hydrogens (tertiary/aromatic N) is 3. The Kier molecular flexibility index (Phi) is 41.3. The Morgan fingerprint density at radius 1 is 0.197 bits per heavy atom. The molecule has 0 N–H and O–H groups in total. The van der Waals surface area contributed by atoms with Crippen LogP contribution < -0.4 is 0 Å². The molecule has 0 radical (unpaired) electrons. The molecule has 422 valence electrons. The number of hydrogen-bond donors (Lipinski definition) is 0. The maximum Gasteiger partial charge on any atom is 0.147 e. The lowest BCUT2D eigenvalue weighted by atomic mass is 10.0. The molecule has 0 amide bonds. The van der Waals surface area contributed by atoms with Gasteiger partial charge < -0.3 is 0 Å². The fourth-order valence-electron chi connectivity index (χ4n) is 13.4. The molecular formula is C66H132N3PS. The van der Waals surface area contributed by atoms with Crippen molar-refractivity contribution in [1.82, 2.24) is 14.0 Å². The van der Waals surface area contributed by atoms with Gasteiger partial charge in [0.05, 0.1) is 0 Å². The van der Waals surface area contributed by atoms with Crippen LogP contribution in [0.5, 0.6) is 0 Å². The summed E-state index contributed by atoms with van der Waals surface area (Å²) in [4.78, 5) is 0. The van der Waals surface area contributed by atoms with E-state index < -0.39 is 6.49 Å². The molecular weight excluding hydrogens is 898 g/mol. The molecule has 3 aliphatic heterocycles. The molecule has 0 bridgehead atoms. The summed E-state index contributed by atoms with van der Waals surface area (Å²) >= 11 is 7.78. The molecule has 3 rings (SSSR count). The molecule has 6 atom stereocenters. The summed E-state index contributed by atoms with van der Waals surface area (Å²) in [5.41, 5.74) is 0. The monoisotopic (exact) mass is 1030 g/mol. The third-order valence-corrected chi connectivity index (χ3v) is 23.4. The van der Waals surface area contributed by atoms with Gasteiger partial charge in [-0.2, -0.15) is 0 Å². The predicted molar refractivity (Wildman–Crippen MR) is 326 cm³/mol. The second kappa shape index (κ2) is 44.5. The van der Waals surface area contributed by atoms with Crippen LogP contribution in [0.3, 0.4) is 0 Å². The normalized spacial score (nSPS) is 24.5. The van der Waals surface area contributed by atoms with E-state index in [1.807, 2.05) is 0 Å². The zero-order valence-corrected chi connectivity index (χ0v) is 51.6. The zero-order valence-electron chi connectivity index (χ0n) is 49.8. The van der Waals surface area contributed by atoms with Crippen molar-refractivity contribution in [1.29, 1.82) is 0 Å². The maximum absolute atomic E-state index is 7.78. The second-order valence-electron chi connectivity index (χ2n) is 24.6. The average molecular weight is 1030 g/mol. The van der Waals surface area contributed by atoms with Gasteiger partial charge in [-0.05, 0) is 50.3 Å². The predicted octanol–water partition coefficient (Wildman–Crippen LogP) is 23.6. The molecule has 0 spiro atoms. The summed E-state index contributed by atoms with van der Waals surface area (Å²) < 4.78 is 9.65. The van der Waals surface area contributed by atoms with Gasteiger partial charge in [0.1, 0.15) is 6.49 Å². The summed E-state index contributed by atoms with van der Waals surface area (Å²) in [6, 6.07) is 4.54. The molecule has 0 aromatic heterocycles. The van der Waals surface area contributed by atoms with Crippen molar-refractivity contribution in [3.05, 3.63) is 0 Å². The minimum atomic E-state index is -2.05. The first-order chi connectivity index (χ1) is 35.1. The molecule has 3 aliphatic rings. The fraction of sp³-hybridized carbons (Fsp3) is 1.00. The molecule has 0 aromatic rings. The Morgan fingerprint density at radius 2 is 0.310 bits per heavy atom. The highest BCUT2D eigenvalue weighted by molar-refractivity contribution is 8.11. The van der Waals surface area contributed by atoms with E-state index in [1.165, 1.54) is 347 Å². The number of rotatable bonds is 57. The molecule has 0 saturated carbocycles. The lowest BCUT2D eigenvalue weighted by Crippen LogP contribution is -2.20. The van der Waals surface area contributed by atoms with Crippen LogP contribution in [0.1, 0.15) is 388 Å². The minimum Gasteiger partial charge on any atom is -0.242 e. The smallest absolute Gasteiger partial charge is 0.147 e. The van der Waals surface area contributed by atoms with E-state index in [1.54, 1.807) is 0 Å². The molecule has 6 unspecified atom stereocenters. The van der Waals surface area contributed by atoms with Crippen molar-refractivity contribution in [3.63, 3.8) is 0 Å². The lowest BCUT2D eigenvalue weighted by molar-refractivity contribution is 0.504. The van der Waals surface area contributed by atoms with E-state index in [4.69, 9.17) is 11.8 Å². The lowest BCUT2D eigenvalue weighted by Gasteiger charge is -2.31. The van der Waals surface area contributed by atoms with Gasteiger partial charge in [0.2, 0.25) is 0 Å². The van der Waals surface area contributed by atoms with Crippen molar-refractivity contribution in [2.75, 3.05) is 0 Å². The molecule has 3 heterocycles. The highest BCUT2D eigenvalue weighted by atomic mass is 32.4. The average Bonchev–Trinajstić information content (AvgIpc) is 4.34. The van der Waals surface area contributed by atoms with Gasteiger partial charge in [-0.1, -0.05) is 350 Å². The van der Waals surface area contributed by atoms with Crippen LogP contribution >= 0.6 is 6.49 Å². The maximum atomic E-state index is 7.78. The Bertz CT molecular complexity index is 991. The largest absolute Gasteiger partial charge is 0.242 e.